The van der Waals surface area contributed by atoms with Crippen LogP contribution in [0.3, 0.4) is 0 Å². The maximum Gasteiger partial charge on any atom is 0.131 e. The molecule has 1 heterocycles. The summed E-state index contributed by atoms with van der Waals surface area (Å²) in [6.07, 6.45) is 4.30. The minimum Gasteiger partial charge on any atom is -0.382 e. The molecule has 2 rings (SSSR count). The van der Waals surface area contributed by atoms with E-state index >= 15 is 0 Å². The van der Waals surface area contributed by atoms with Crippen LogP contribution in [0.1, 0.15) is 19.8 Å². The first-order chi connectivity index (χ1) is 7.28. The van der Waals surface area contributed by atoms with Crippen molar-refractivity contribution in [3.05, 3.63) is 23.5 Å². The van der Waals surface area contributed by atoms with E-state index < -0.39 is 0 Å². The van der Waals surface area contributed by atoms with Crippen molar-refractivity contribution in [3.63, 3.8) is 0 Å². The second-order valence-corrected chi connectivity index (χ2v) is 4.14. The van der Waals surface area contributed by atoms with Crippen LogP contribution in [0, 0.1) is 0 Å². The lowest BCUT2D eigenvalue weighted by Crippen LogP contribution is -2.40. The molecule has 15 heavy (non-hydrogen) atoms. The molecule has 0 bridgehead atoms. The van der Waals surface area contributed by atoms with Gasteiger partial charge in [-0.15, -0.1) is 0 Å². The summed E-state index contributed by atoms with van der Waals surface area (Å²) in [5.41, 5.74) is 1.04. The highest BCUT2D eigenvalue weighted by Gasteiger charge is 2.29. The number of anilines is 1. The molecule has 0 saturated heterocycles. The number of nitrogens with one attached hydrogen (secondary N) is 1. The predicted octanol–water partition coefficient (Wildman–Crippen LogP) is 2.71. The molecule has 1 aromatic rings. The number of ether oxygens (including phenoxy) is 1. The van der Waals surface area contributed by atoms with Crippen molar-refractivity contribution in [3.8, 4) is 0 Å². The molecule has 4 heteroatoms. The molecular weight excluding hydrogens is 212 g/mol. The molecule has 1 aliphatic rings. The Labute approximate surface area is 94.8 Å². The third kappa shape index (κ3) is 2.83. The zero-order valence-corrected chi connectivity index (χ0v) is 9.50. The summed E-state index contributed by atoms with van der Waals surface area (Å²) in [7, 11) is 0. The molecule has 0 radical (unpaired) electrons. The summed E-state index contributed by atoms with van der Waals surface area (Å²) >= 11 is 5.79. The molecule has 0 aliphatic heterocycles. The molecule has 0 aromatic carbocycles. The maximum absolute atomic E-state index is 5.79. The van der Waals surface area contributed by atoms with E-state index in [1.807, 2.05) is 19.1 Å². The third-order valence-corrected chi connectivity index (χ3v) is 2.80. The van der Waals surface area contributed by atoms with Crippen LogP contribution < -0.4 is 5.32 Å². The fourth-order valence-corrected chi connectivity index (χ4v) is 1.96. The zero-order valence-electron chi connectivity index (χ0n) is 8.74. The van der Waals surface area contributed by atoms with Crippen LogP contribution in [0.15, 0.2) is 18.3 Å². The van der Waals surface area contributed by atoms with E-state index in [4.69, 9.17) is 16.3 Å². The summed E-state index contributed by atoms with van der Waals surface area (Å²) in [5, 5.41) is 3.93. The largest absolute Gasteiger partial charge is 0.382 e. The van der Waals surface area contributed by atoms with Crippen LogP contribution in [0.4, 0.5) is 5.69 Å². The molecule has 0 unspecified atom stereocenters. The highest BCUT2D eigenvalue weighted by Crippen LogP contribution is 2.27. The number of nitrogens with zero attached hydrogens (tertiary/aromatic N) is 1. The van der Waals surface area contributed by atoms with Gasteiger partial charge < -0.3 is 10.1 Å². The van der Waals surface area contributed by atoms with Crippen molar-refractivity contribution < 1.29 is 4.74 Å². The molecule has 1 saturated carbocycles. The number of rotatable bonds is 4. The van der Waals surface area contributed by atoms with Gasteiger partial charge in [0.2, 0.25) is 0 Å². The first kappa shape index (κ1) is 10.7. The van der Waals surface area contributed by atoms with E-state index in [0.717, 1.165) is 25.1 Å². The summed E-state index contributed by atoms with van der Waals surface area (Å²) in [5.74, 6) is 0. The second kappa shape index (κ2) is 4.81. The van der Waals surface area contributed by atoms with Gasteiger partial charge in [0.05, 0.1) is 6.10 Å². The lowest BCUT2D eigenvalue weighted by Gasteiger charge is -2.36. The standard InChI is InChI=1S/C11H15ClN2O/c1-2-15-10-5-9(6-10)14-8-3-4-13-11(12)7-8/h3-4,7,9-10H,2,5-6H2,1H3,(H,13,14). The van der Waals surface area contributed by atoms with Crippen LogP contribution in [-0.4, -0.2) is 23.7 Å². The van der Waals surface area contributed by atoms with Gasteiger partial charge >= 0.3 is 0 Å². The maximum atomic E-state index is 5.79. The van der Waals surface area contributed by atoms with Crippen LogP contribution in [0.2, 0.25) is 5.15 Å². The summed E-state index contributed by atoms with van der Waals surface area (Å²) in [6.45, 7) is 2.84. The molecule has 1 N–H and O–H groups in total. The van der Waals surface area contributed by atoms with Crippen molar-refractivity contribution in [2.45, 2.75) is 31.9 Å². The Bertz CT molecular complexity index is 326. The van der Waals surface area contributed by atoms with Crippen molar-refractivity contribution >= 4 is 17.3 Å². The van der Waals surface area contributed by atoms with Gasteiger partial charge in [0.1, 0.15) is 5.15 Å². The third-order valence-electron chi connectivity index (χ3n) is 2.59. The predicted molar refractivity (Wildman–Crippen MR) is 61.3 cm³/mol. The van der Waals surface area contributed by atoms with Gasteiger partial charge in [-0.3, -0.25) is 0 Å². The van der Waals surface area contributed by atoms with Gasteiger partial charge in [-0.2, -0.15) is 0 Å². The first-order valence-corrected chi connectivity index (χ1v) is 5.65. The lowest BCUT2D eigenvalue weighted by molar-refractivity contribution is 0.00299. The summed E-state index contributed by atoms with van der Waals surface area (Å²) in [4.78, 5) is 3.94. The Morgan fingerprint density at radius 1 is 1.60 bits per heavy atom. The van der Waals surface area contributed by atoms with Crippen LogP contribution in [0.25, 0.3) is 0 Å². The highest BCUT2D eigenvalue weighted by atomic mass is 35.5. The van der Waals surface area contributed by atoms with E-state index in [1.165, 1.54) is 0 Å². The Hall–Kier alpha value is -0.800. The van der Waals surface area contributed by atoms with E-state index in [2.05, 4.69) is 10.3 Å². The van der Waals surface area contributed by atoms with Gasteiger partial charge in [-0.25, -0.2) is 4.98 Å². The Balaban J connectivity index is 1.80. The molecule has 0 atom stereocenters. The topological polar surface area (TPSA) is 34.1 Å². The summed E-state index contributed by atoms with van der Waals surface area (Å²) in [6, 6.07) is 4.29. The van der Waals surface area contributed by atoms with E-state index in [-0.39, 0.29) is 0 Å². The second-order valence-electron chi connectivity index (χ2n) is 3.76. The average Bonchev–Trinajstić information content (AvgIpc) is 2.15. The molecular formula is C11H15ClN2O. The zero-order chi connectivity index (χ0) is 10.7. The van der Waals surface area contributed by atoms with Crippen molar-refractivity contribution in [1.29, 1.82) is 0 Å². The van der Waals surface area contributed by atoms with Gasteiger partial charge in [0.15, 0.2) is 0 Å². The van der Waals surface area contributed by atoms with Gasteiger partial charge in [0, 0.05) is 24.5 Å². The number of hydrogen-bond donors (Lipinski definition) is 1. The molecule has 3 nitrogen and oxygen atoms in total. The fourth-order valence-electron chi connectivity index (χ4n) is 1.78. The number of hydrogen-bond acceptors (Lipinski definition) is 3. The van der Waals surface area contributed by atoms with Crippen LogP contribution >= 0.6 is 11.6 Å². The van der Waals surface area contributed by atoms with Gasteiger partial charge in [-0.05, 0) is 31.9 Å². The summed E-state index contributed by atoms with van der Waals surface area (Å²) < 4.78 is 5.49. The van der Waals surface area contributed by atoms with E-state index in [0.29, 0.717) is 17.3 Å². The average molecular weight is 227 g/mol. The van der Waals surface area contributed by atoms with Crippen LogP contribution in [0.5, 0.6) is 0 Å². The van der Waals surface area contributed by atoms with Crippen molar-refractivity contribution in [2.75, 3.05) is 11.9 Å². The van der Waals surface area contributed by atoms with Crippen molar-refractivity contribution in [1.82, 2.24) is 4.98 Å². The quantitative estimate of drug-likeness (QED) is 0.802. The molecule has 0 amide bonds. The van der Waals surface area contributed by atoms with E-state index in [1.54, 1.807) is 6.20 Å². The fraction of sp³-hybridized carbons (Fsp3) is 0.545. The molecule has 0 spiro atoms. The first-order valence-electron chi connectivity index (χ1n) is 5.27. The van der Waals surface area contributed by atoms with Gasteiger partial charge in [-0.1, -0.05) is 11.6 Å². The van der Waals surface area contributed by atoms with Crippen molar-refractivity contribution in [2.24, 2.45) is 0 Å². The minimum absolute atomic E-state index is 0.435. The highest BCUT2D eigenvalue weighted by molar-refractivity contribution is 6.29. The monoisotopic (exact) mass is 226 g/mol. The minimum atomic E-state index is 0.435. The Morgan fingerprint density at radius 2 is 2.40 bits per heavy atom. The number of aromatic nitrogens is 1. The Kier molecular flexibility index (Phi) is 3.44. The molecule has 1 aromatic heterocycles. The van der Waals surface area contributed by atoms with Crippen LogP contribution in [-0.2, 0) is 4.74 Å². The molecule has 1 fully saturated rings. The number of halogens is 1. The lowest BCUT2D eigenvalue weighted by atomic mass is 9.89. The number of pyridine rings is 1. The molecule has 1 aliphatic carbocycles. The SMILES string of the molecule is CCOC1CC(Nc2ccnc(Cl)c2)C1. The molecule has 82 valence electrons. The van der Waals surface area contributed by atoms with Gasteiger partial charge in [0.25, 0.3) is 0 Å². The van der Waals surface area contributed by atoms with E-state index in [9.17, 15) is 0 Å². The smallest absolute Gasteiger partial charge is 0.131 e. The Morgan fingerprint density at radius 3 is 3.07 bits per heavy atom. The normalized spacial score (nSPS) is 24.7.